The van der Waals surface area contributed by atoms with E-state index in [1.807, 2.05) is 19.1 Å². The Morgan fingerprint density at radius 1 is 0.875 bits per heavy atom. The van der Waals surface area contributed by atoms with Crippen LogP contribution in [0.4, 0.5) is 0 Å². The SMILES string of the molecule is CCC[C@@]1(Br)C(=O)[C@](C)(Br)[C@@H](c2ccccc2)[C@@H]1c1ccccc1. The fourth-order valence-electron chi connectivity index (χ4n) is 4.18. The van der Waals surface area contributed by atoms with E-state index in [4.69, 9.17) is 0 Å². The first-order chi connectivity index (χ1) is 11.4. The van der Waals surface area contributed by atoms with Gasteiger partial charge in [0.1, 0.15) is 0 Å². The third-order valence-electron chi connectivity index (χ3n) is 5.16. The minimum atomic E-state index is -0.590. The lowest BCUT2D eigenvalue weighted by Crippen LogP contribution is -2.37. The van der Waals surface area contributed by atoms with E-state index in [1.165, 1.54) is 11.1 Å². The Kier molecular flexibility index (Phi) is 5.04. The molecule has 2 aromatic carbocycles. The third-order valence-corrected chi connectivity index (χ3v) is 7.27. The molecule has 0 bridgehead atoms. The standard InChI is InChI=1S/C21H22Br2O/c1-3-14-21(23)18(16-12-8-5-9-13-16)17(20(2,22)19(21)24)15-10-6-4-7-11-15/h4-13,17-18H,3,14H2,1-2H3/t17-,18-,20+,21-/m0/s1. The van der Waals surface area contributed by atoms with E-state index in [1.54, 1.807) is 0 Å². The number of carbonyl (C=O) groups excluding carboxylic acids is 1. The van der Waals surface area contributed by atoms with Gasteiger partial charge in [0, 0.05) is 11.8 Å². The molecular weight excluding hydrogens is 428 g/mol. The van der Waals surface area contributed by atoms with Gasteiger partial charge in [-0.1, -0.05) is 106 Å². The largest absolute Gasteiger partial charge is 0.296 e. The predicted octanol–water partition coefficient (Wildman–Crippen LogP) is 6.22. The summed E-state index contributed by atoms with van der Waals surface area (Å²) < 4.78 is -1.13. The summed E-state index contributed by atoms with van der Waals surface area (Å²) >= 11 is 7.72. The van der Waals surface area contributed by atoms with Gasteiger partial charge in [0.05, 0.1) is 8.65 Å². The van der Waals surface area contributed by atoms with Crippen LogP contribution < -0.4 is 0 Å². The number of hydrogen-bond acceptors (Lipinski definition) is 1. The highest BCUT2D eigenvalue weighted by Gasteiger charge is 2.64. The van der Waals surface area contributed by atoms with Gasteiger partial charge in [-0.05, 0) is 24.5 Å². The van der Waals surface area contributed by atoms with Gasteiger partial charge in [-0.25, -0.2) is 0 Å². The van der Waals surface area contributed by atoms with Gasteiger partial charge in [-0.2, -0.15) is 0 Å². The van der Waals surface area contributed by atoms with Crippen molar-refractivity contribution in [2.75, 3.05) is 0 Å². The first kappa shape index (κ1) is 17.9. The summed E-state index contributed by atoms with van der Waals surface area (Å²) in [6.07, 6.45) is 1.79. The number of halogens is 2. The van der Waals surface area contributed by atoms with Gasteiger partial charge in [0.2, 0.25) is 0 Å². The number of hydrogen-bond donors (Lipinski definition) is 0. The van der Waals surface area contributed by atoms with Crippen molar-refractivity contribution in [1.29, 1.82) is 0 Å². The molecule has 1 fully saturated rings. The highest BCUT2D eigenvalue weighted by molar-refractivity contribution is 9.11. The second-order valence-electron chi connectivity index (χ2n) is 6.79. The minimum absolute atomic E-state index is 0.0829. The van der Waals surface area contributed by atoms with Crippen LogP contribution in [-0.4, -0.2) is 14.4 Å². The van der Waals surface area contributed by atoms with Crippen molar-refractivity contribution < 1.29 is 4.79 Å². The van der Waals surface area contributed by atoms with Gasteiger partial charge in [0.25, 0.3) is 0 Å². The van der Waals surface area contributed by atoms with E-state index in [-0.39, 0.29) is 17.6 Å². The zero-order valence-corrected chi connectivity index (χ0v) is 17.2. The van der Waals surface area contributed by atoms with Crippen molar-refractivity contribution in [3.05, 3.63) is 71.8 Å². The van der Waals surface area contributed by atoms with Crippen LogP contribution in [0.5, 0.6) is 0 Å². The third kappa shape index (κ3) is 2.80. The first-order valence-electron chi connectivity index (χ1n) is 8.45. The number of rotatable bonds is 4. The quantitative estimate of drug-likeness (QED) is 0.506. The Bertz CT molecular complexity index is 711. The molecule has 0 N–H and O–H groups in total. The molecule has 0 heterocycles. The molecule has 126 valence electrons. The average Bonchev–Trinajstić information content (AvgIpc) is 2.74. The lowest BCUT2D eigenvalue weighted by Gasteiger charge is -2.32. The molecule has 0 unspecified atom stereocenters. The summed E-state index contributed by atoms with van der Waals surface area (Å²) in [5.74, 6) is 0.428. The summed E-state index contributed by atoms with van der Waals surface area (Å²) in [5.41, 5.74) is 2.42. The van der Waals surface area contributed by atoms with Crippen LogP contribution in [0.3, 0.4) is 0 Å². The van der Waals surface area contributed by atoms with Crippen molar-refractivity contribution >= 4 is 37.6 Å². The number of benzene rings is 2. The maximum absolute atomic E-state index is 13.4. The Morgan fingerprint density at radius 2 is 1.33 bits per heavy atom. The van der Waals surface area contributed by atoms with Crippen molar-refractivity contribution in [2.24, 2.45) is 0 Å². The molecule has 0 amide bonds. The second kappa shape index (κ2) is 6.76. The first-order valence-corrected chi connectivity index (χ1v) is 10.0. The maximum atomic E-state index is 13.4. The topological polar surface area (TPSA) is 17.1 Å². The predicted molar refractivity (Wildman–Crippen MR) is 107 cm³/mol. The number of alkyl halides is 2. The smallest absolute Gasteiger partial charge is 0.167 e. The van der Waals surface area contributed by atoms with Gasteiger partial charge in [-0.3, -0.25) is 4.79 Å². The summed E-state index contributed by atoms with van der Waals surface area (Å²) in [4.78, 5) is 13.4. The fraction of sp³-hybridized carbons (Fsp3) is 0.381. The zero-order valence-electron chi connectivity index (χ0n) is 14.0. The van der Waals surface area contributed by atoms with Gasteiger partial charge < -0.3 is 0 Å². The van der Waals surface area contributed by atoms with Crippen LogP contribution in [0.2, 0.25) is 0 Å². The van der Waals surface area contributed by atoms with Gasteiger partial charge in [-0.15, -0.1) is 0 Å². The van der Waals surface area contributed by atoms with E-state index in [0.717, 1.165) is 12.8 Å². The molecule has 3 rings (SSSR count). The van der Waals surface area contributed by atoms with E-state index in [9.17, 15) is 4.79 Å². The van der Waals surface area contributed by atoms with Crippen molar-refractivity contribution in [3.63, 3.8) is 0 Å². The highest BCUT2D eigenvalue weighted by Crippen LogP contribution is 2.62. The maximum Gasteiger partial charge on any atom is 0.167 e. The van der Waals surface area contributed by atoms with Crippen LogP contribution in [-0.2, 0) is 4.79 Å². The Balaban J connectivity index is 2.22. The number of carbonyl (C=O) groups is 1. The molecule has 24 heavy (non-hydrogen) atoms. The van der Waals surface area contributed by atoms with Crippen LogP contribution in [0.1, 0.15) is 49.7 Å². The summed E-state index contributed by atoms with van der Waals surface area (Å²) in [5, 5.41) is 0. The summed E-state index contributed by atoms with van der Waals surface area (Å²) in [6, 6.07) is 20.9. The highest BCUT2D eigenvalue weighted by atomic mass is 79.9. The zero-order chi connectivity index (χ0) is 17.4. The lowest BCUT2D eigenvalue weighted by atomic mass is 9.77. The Hall–Kier alpha value is -0.930. The molecule has 1 aliphatic rings. The molecule has 1 nitrogen and oxygen atoms in total. The van der Waals surface area contributed by atoms with Crippen LogP contribution in [0.15, 0.2) is 60.7 Å². The average molecular weight is 450 g/mol. The molecule has 0 spiro atoms. The van der Waals surface area contributed by atoms with E-state index in [2.05, 4.69) is 87.3 Å². The van der Waals surface area contributed by atoms with Crippen molar-refractivity contribution in [1.82, 2.24) is 0 Å². The van der Waals surface area contributed by atoms with Crippen LogP contribution in [0.25, 0.3) is 0 Å². The molecule has 0 radical (unpaired) electrons. The molecule has 0 aromatic heterocycles. The van der Waals surface area contributed by atoms with E-state index < -0.39 is 8.65 Å². The number of ketones is 1. The molecule has 4 atom stereocenters. The summed E-state index contributed by atoms with van der Waals surface area (Å²) in [6.45, 7) is 4.17. The molecule has 2 aromatic rings. The lowest BCUT2D eigenvalue weighted by molar-refractivity contribution is -0.121. The fourth-order valence-corrected chi connectivity index (χ4v) is 6.67. The van der Waals surface area contributed by atoms with Crippen molar-refractivity contribution in [3.8, 4) is 0 Å². The molecule has 1 saturated carbocycles. The molecule has 1 aliphatic carbocycles. The van der Waals surface area contributed by atoms with Crippen molar-refractivity contribution in [2.45, 2.75) is 47.2 Å². The van der Waals surface area contributed by atoms with Gasteiger partial charge in [0.15, 0.2) is 5.78 Å². The van der Waals surface area contributed by atoms with Crippen LogP contribution in [0, 0.1) is 0 Å². The molecular formula is C21H22Br2O. The van der Waals surface area contributed by atoms with Crippen LogP contribution >= 0.6 is 31.9 Å². The minimum Gasteiger partial charge on any atom is -0.296 e. The molecule has 0 aliphatic heterocycles. The monoisotopic (exact) mass is 448 g/mol. The Labute approximate surface area is 161 Å². The second-order valence-corrected chi connectivity index (χ2v) is 9.86. The van der Waals surface area contributed by atoms with Gasteiger partial charge >= 0.3 is 0 Å². The van der Waals surface area contributed by atoms with E-state index >= 15 is 0 Å². The molecule has 3 heteroatoms. The van der Waals surface area contributed by atoms with E-state index in [0.29, 0.717) is 0 Å². The normalized spacial score (nSPS) is 32.9. The number of Topliss-reactive ketones (excluding diaryl/α,β-unsaturated/α-hetero) is 1. The molecule has 0 saturated heterocycles. The Morgan fingerprint density at radius 3 is 1.79 bits per heavy atom. The summed E-state index contributed by atoms with van der Waals surface area (Å²) in [7, 11) is 0.